The fourth-order valence-corrected chi connectivity index (χ4v) is 4.07. The van der Waals surface area contributed by atoms with Crippen molar-refractivity contribution >= 4 is 17.4 Å². The van der Waals surface area contributed by atoms with E-state index in [2.05, 4.69) is 32.7 Å². The van der Waals surface area contributed by atoms with Crippen LogP contribution in [-0.4, -0.2) is 49.7 Å². The number of aromatic nitrogens is 4. The van der Waals surface area contributed by atoms with Crippen molar-refractivity contribution in [3.8, 4) is 11.4 Å². The first kappa shape index (κ1) is 20.1. The molecule has 8 heteroatoms. The highest BCUT2D eigenvalue weighted by atomic mass is 19.1. The molecule has 0 spiro atoms. The van der Waals surface area contributed by atoms with Gasteiger partial charge >= 0.3 is 0 Å². The van der Waals surface area contributed by atoms with E-state index in [-0.39, 0.29) is 17.8 Å². The first-order valence-corrected chi connectivity index (χ1v) is 10.8. The zero-order valence-corrected chi connectivity index (χ0v) is 17.5. The largest absolute Gasteiger partial charge is 0.357 e. The quantitative estimate of drug-likeness (QED) is 0.485. The molecule has 32 heavy (non-hydrogen) atoms. The van der Waals surface area contributed by atoms with Gasteiger partial charge in [-0.15, -0.1) is 15.3 Å². The van der Waals surface area contributed by atoms with Gasteiger partial charge in [0.15, 0.2) is 11.5 Å². The van der Waals surface area contributed by atoms with Crippen LogP contribution in [0.1, 0.15) is 18.4 Å². The molecule has 2 aromatic carbocycles. The molecule has 1 atom stereocenters. The van der Waals surface area contributed by atoms with Crippen LogP contribution in [0.5, 0.6) is 0 Å². The molecule has 1 fully saturated rings. The molecule has 0 saturated carbocycles. The first-order valence-electron chi connectivity index (χ1n) is 10.8. The van der Waals surface area contributed by atoms with Gasteiger partial charge in [0.1, 0.15) is 17.7 Å². The Morgan fingerprint density at radius 2 is 1.81 bits per heavy atom. The number of aryl methyl sites for hydroxylation is 1. The lowest BCUT2D eigenvalue weighted by atomic mass is 10.1. The van der Waals surface area contributed by atoms with E-state index in [0.717, 1.165) is 25.9 Å². The minimum atomic E-state index is -0.390. The number of nitrogens with one attached hydrogen (secondary N) is 1. The number of nitrogens with zero attached hydrogens (tertiary/aromatic N) is 5. The highest BCUT2D eigenvalue weighted by Crippen LogP contribution is 2.22. The lowest BCUT2D eigenvalue weighted by Crippen LogP contribution is -2.34. The van der Waals surface area contributed by atoms with Crippen LogP contribution in [0.2, 0.25) is 0 Å². The molecular weight excluding hydrogens is 407 g/mol. The SMILES string of the molecule is O=C1C(Nc2ccc3nnc(-c4ccccc4F)n3n2)CCN1CCCc1ccccc1. The number of carbonyl (C=O) groups is 1. The van der Waals surface area contributed by atoms with Crippen molar-refractivity contribution in [1.82, 2.24) is 24.7 Å². The molecule has 162 valence electrons. The maximum absolute atomic E-state index is 14.2. The molecule has 0 aliphatic carbocycles. The Hall–Kier alpha value is -3.81. The minimum Gasteiger partial charge on any atom is -0.357 e. The third-order valence-electron chi connectivity index (χ3n) is 5.73. The number of fused-ring (bicyclic) bond motifs is 1. The average Bonchev–Trinajstić information content (AvgIpc) is 3.39. The summed E-state index contributed by atoms with van der Waals surface area (Å²) in [4.78, 5) is 14.8. The molecule has 7 nitrogen and oxygen atoms in total. The lowest BCUT2D eigenvalue weighted by molar-refractivity contribution is -0.128. The van der Waals surface area contributed by atoms with Crippen LogP contribution in [0.3, 0.4) is 0 Å². The number of carbonyl (C=O) groups excluding carboxylic acids is 1. The lowest BCUT2D eigenvalue weighted by Gasteiger charge is -2.17. The van der Waals surface area contributed by atoms with Crippen molar-refractivity contribution in [2.24, 2.45) is 0 Å². The van der Waals surface area contributed by atoms with Gasteiger partial charge in [-0.3, -0.25) is 4.79 Å². The fourth-order valence-electron chi connectivity index (χ4n) is 4.07. The Balaban J connectivity index is 1.26. The maximum Gasteiger partial charge on any atom is 0.245 e. The van der Waals surface area contributed by atoms with Gasteiger partial charge < -0.3 is 10.2 Å². The predicted octanol–water partition coefficient (Wildman–Crippen LogP) is 3.58. The molecule has 3 heterocycles. The predicted molar refractivity (Wildman–Crippen MR) is 120 cm³/mol. The van der Waals surface area contributed by atoms with E-state index in [0.29, 0.717) is 29.3 Å². The van der Waals surface area contributed by atoms with Crippen LogP contribution in [0.25, 0.3) is 17.0 Å². The summed E-state index contributed by atoms with van der Waals surface area (Å²) in [5.74, 6) is 0.540. The summed E-state index contributed by atoms with van der Waals surface area (Å²) < 4.78 is 15.7. The van der Waals surface area contributed by atoms with Crippen molar-refractivity contribution in [2.75, 3.05) is 18.4 Å². The van der Waals surface area contributed by atoms with Gasteiger partial charge in [-0.05, 0) is 49.1 Å². The Morgan fingerprint density at radius 3 is 2.66 bits per heavy atom. The summed E-state index contributed by atoms with van der Waals surface area (Å²) >= 11 is 0. The monoisotopic (exact) mass is 430 g/mol. The molecule has 1 saturated heterocycles. The molecule has 2 aromatic heterocycles. The number of benzene rings is 2. The Kier molecular flexibility index (Phi) is 5.49. The summed E-state index contributed by atoms with van der Waals surface area (Å²) in [6.07, 6.45) is 2.60. The number of hydrogen-bond donors (Lipinski definition) is 1. The molecule has 4 aromatic rings. The van der Waals surface area contributed by atoms with E-state index < -0.39 is 0 Å². The van der Waals surface area contributed by atoms with E-state index in [1.807, 2.05) is 23.1 Å². The Bertz CT molecular complexity index is 1240. The van der Waals surface area contributed by atoms with Crippen molar-refractivity contribution in [2.45, 2.75) is 25.3 Å². The molecule has 0 bridgehead atoms. The van der Waals surface area contributed by atoms with Gasteiger partial charge in [0.05, 0.1) is 5.56 Å². The number of rotatable bonds is 7. The Morgan fingerprint density at radius 1 is 1.00 bits per heavy atom. The summed E-state index contributed by atoms with van der Waals surface area (Å²) in [6.45, 7) is 1.46. The van der Waals surface area contributed by atoms with Crippen LogP contribution in [0, 0.1) is 5.82 Å². The first-order chi connectivity index (χ1) is 15.7. The van der Waals surface area contributed by atoms with E-state index in [1.165, 1.54) is 16.1 Å². The second-order valence-electron chi connectivity index (χ2n) is 7.89. The number of hydrogen-bond acceptors (Lipinski definition) is 5. The topological polar surface area (TPSA) is 75.4 Å². The average molecular weight is 430 g/mol. The third kappa shape index (κ3) is 4.03. The van der Waals surface area contributed by atoms with Gasteiger partial charge in [-0.1, -0.05) is 42.5 Å². The van der Waals surface area contributed by atoms with Crippen LogP contribution in [-0.2, 0) is 11.2 Å². The van der Waals surface area contributed by atoms with Crippen LogP contribution in [0.4, 0.5) is 10.2 Å². The van der Waals surface area contributed by atoms with Crippen LogP contribution >= 0.6 is 0 Å². The maximum atomic E-state index is 14.2. The normalized spacial score (nSPS) is 16.1. The zero-order valence-electron chi connectivity index (χ0n) is 17.5. The van der Waals surface area contributed by atoms with Gasteiger partial charge in [0.2, 0.25) is 5.91 Å². The number of likely N-dealkylation sites (tertiary alicyclic amines) is 1. The molecule has 5 rings (SSSR count). The van der Waals surface area contributed by atoms with E-state index in [9.17, 15) is 9.18 Å². The molecule has 1 aliphatic rings. The Labute approximate surface area is 184 Å². The summed E-state index contributed by atoms with van der Waals surface area (Å²) in [5, 5.41) is 15.9. The summed E-state index contributed by atoms with van der Waals surface area (Å²) in [6, 6.07) is 19.9. The number of halogens is 1. The van der Waals surface area contributed by atoms with Crippen molar-refractivity contribution in [3.05, 3.63) is 78.1 Å². The molecule has 1 unspecified atom stereocenters. The van der Waals surface area contributed by atoms with E-state index in [1.54, 1.807) is 30.3 Å². The smallest absolute Gasteiger partial charge is 0.245 e. The molecular formula is C24H23FN6O. The van der Waals surface area contributed by atoms with Gasteiger partial charge in [-0.25, -0.2) is 4.39 Å². The van der Waals surface area contributed by atoms with E-state index in [4.69, 9.17) is 0 Å². The van der Waals surface area contributed by atoms with Crippen LogP contribution < -0.4 is 5.32 Å². The molecule has 0 radical (unpaired) electrons. The molecule has 1 amide bonds. The van der Waals surface area contributed by atoms with Gasteiger partial charge in [-0.2, -0.15) is 4.52 Å². The fraction of sp³-hybridized carbons (Fsp3) is 0.250. The second-order valence-corrected chi connectivity index (χ2v) is 7.89. The van der Waals surface area contributed by atoms with Crippen LogP contribution in [0.15, 0.2) is 66.7 Å². The highest BCUT2D eigenvalue weighted by Gasteiger charge is 2.31. The number of anilines is 1. The minimum absolute atomic E-state index is 0.0815. The van der Waals surface area contributed by atoms with Gasteiger partial charge in [0, 0.05) is 13.1 Å². The standard InChI is InChI=1S/C24H23FN6O/c25-19-11-5-4-10-18(19)23-28-27-22-13-12-21(29-31(22)23)26-20-14-16-30(24(20)32)15-6-9-17-7-2-1-3-8-17/h1-5,7-8,10-13,20H,6,9,14-16H2,(H,26,29). The second kappa shape index (κ2) is 8.74. The van der Waals surface area contributed by atoms with Crippen molar-refractivity contribution in [3.63, 3.8) is 0 Å². The van der Waals surface area contributed by atoms with Crippen molar-refractivity contribution in [1.29, 1.82) is 0 Å². The highest BCUT2D eigenvalue weighted by molar-refractivity contribution is 5.86. The third-order valence-corrected chi connectivity index (χ3v) is 5.73. The van der Waals surface area contributed by atoms with E-state index >= 15 is 0 Å². The van der Waals surface area contributed by atoms with Crippen molar-refractivity contribution < 1.29 is 9.18 Å². The molecule has 1 aliphatic heterocycles. The van der Waals surface area contributed by atoms with Gasteiger partial charge in [0.25, 0.3) is 0 Å². The summed E-state index contributed by atoms with van der Waals surface area (Å²) in [7, 11) is 0. The number of amides is 1. The summed E-state index contributed by atoms with van der Waals surface area (Å²) in [5.41, 5.74) is 2.12. The molecule has 1 N–H and O–H groups in total. The zero-order chi connectivity index (χ0) is 21.9.